The number of nitrogens with one attached hydrogen (secondary N) is 2. The van der Waals surface area contributed by atoms with Crippen LogP contribution in [0.1, 0.15) is 23.8 Å². The maximum atomic E-state index is 11.9. The third kappa shape index (κ3) is 3.04. The Kier molecular flexibility index (Phi) is 3.41. The third-order valence-corrected chi connectivity index (χ3v) is 2.71. The Morgan fingerprint density at radius 1 is 1.37 bits per heavy atom. The fourth-order valence-corrected chi connectivity index (χ4v) is 1.85. The zero-order valence-electron chi connectivity index (χ0n) is 10.3. The Morgan fingerprint density at radius 3 is 2.79 bits per heavy atom. The Bertz CT molecular complexity index is 633. The number of rotatable bonds is 4. The van der Waals surface area contributed by atoms with Crippen LogP contribution in [0.5, 0.6) is 5.75 Å². The molecule has 0 saturated heterocycles. The van der Waals surface area contributed by atoms with Gasteiger partial charge in [-0.25, -0.2) is 0 Å². The van der Waals surface area contributed by atoms with E-state index in [1.807, 2.05) is 0 Å². The summed E-state index contributed by atoms with van der Waals surface area (Å²) in [7, 11) is 0. The van der Waals surface area contributed by atoms with Gasteiger partial charge in [-0.05, 0) is 25.1 Å². The van der Waals surface area contributed by atoms with E-state index in [4.69, 9.17) is 5.11 Å². The van der Waals surface area contributed by atoms with Gasteiger partial charge < -0.3 is 20.5 Å². The summed E-state index contributed by atoms with van der Waals surface area (Å²) in [5.41, 5.74) is 0.980. The van der Waals surface area contributed by atoms with Crippen LogP contribution in [0, 0.1) is 0 Å². The van der Waals surface area contributed by atoms with Gasteiger partial charge >= 0.3 is 5.97 Å². The third-order valence-electron chi connectivity index (χ3n) is 2.71. The molecule has 0 fully saturated rings. The number of aliphatic carboxylic acids is 1. The van der Waals surface area contributed by atoms with Crippen molar-refractivity contribution >= 4 is 22.8 Å². The van der Waals surface area contributed by atoms with Gasteiger partial charge in [0.1, 0.15) is 11.4 Å². The van der Waals surface area contributed by atoms with Crippen LogP contribution in [0.3, 0.4) is 0 Å². The van der Waals surface area contributed by atoms with E-state index in [0.717, 1.165) is 5.39 Å². The van der Waals surface area contributed by atoms with Gasteiger partial charge in [0.05, 0.1) is 6.42 Å². The molecule has 100 valence electrons. The number of carboxylic acids is 1. The number of carbonyl (C=O) groups excluding carboxylic acids is 1. The summed E-state index contributed by atoms with van der Waals surface area (Å²) < 4.78 is 0. The number of carboxylic acid groups (broad SMARTS) is 1. The highest BCUT2D eigenvalue weighted by molar-refractivity contribution is 5.98. The Labute approximate surface area is 109 Å². The predicted molar refractivity (Wildman–Crippen MR) is 69.1 cm³/mol. The zero-order valence-corrected chi connectivity index (χ0v) is 10.3. The van der Waals surface area contributed by atoms with Crippen LogP contribution in [0.4, 0.5) is 0 Å². The van der Waals surface area contributed by atoms with Gasteiger partial charge in [-0.15, -0.1) is 0 Å². The van der Waals surface area contributed by atoms with Gasteiger partial charge in [0.25, 0.3) is 5.91 Å². The van der Waals surface area contributed by atoms with Crippen LogP contribution in [-0.2, 0) is 4.79 Å². The molecule has 1 aromatic carbocycles. The van der Waals surface area contributed by atoms with Crippen molar-refractivity contribution < 1.29 is 19.8 Å². The number of phenols is 1. The average Bonchev–Trinajstić information content (AvgIpc) is 2.70. The van der Waals surface area contributed by atoms with Crippen LogP contribution in [0.15, 0.2) is 24.3 Å². The van der Waals surface area contributed by atoms with Crippen molar-refractivity contribution in [3.8, 4) is 5.75 Å². The quantitative estimate of drug-likeness (QED) is 0.670. The molecule has 19 heavy (non-hydrogen) atoms. The van der Waals surface area contributed by atoms with E-state index in [1.54, 1.807) is 19.1 Å². The van der Waals surface area contributed by atoms with Crippen molar-refractivity contribution in [1.82, 2.24) is 10.3 Å². The highest BCUT2D eigenvalue weighted by atomic mass is 16.4. The molecule has 6 nitrogen and oxygen atoms in total. The van der Waals surface area contributed by atoms with Gasteiger partial charge in [0, 0.05) is 23.0 Å². The lowest BCUT2D eigenvalue weighted by atomic mass is 10.2. The van der Waals surface area contributed by atoms with E-state index in [9.17, 15) is 14.7 Å². The minimum atomic E-state index is -0.964. The summed E-state index contributed by atoms with van der Waals surface area (Å²) in [6.45, 7) is 1.63. The van der Waals surface area contributed by atoms with Crippen molar-refractivity contribution in [2.45, 2.75) is 19.4 Å². The molecule has 1 unspecified atom stereocenters. The van der Waals surface area contributed by atoms with Gasteiger partial charge in [-0.3, -0.25) is 9.59 Å². The van der Waals surface area contributed by atoms with Crippen LogP contribution < -0.4 is 5.32 Å². The number of benzene rings is 1. The lowest BCUT2D eigenvalue weighted by Gasteiger charge is -2.10. The Hall–Kier alpha value is -2.50. The van der Waals surface area contributed by atoms with E-state index in [1.165, 1.54) is 12.1 Å². The predicted octanol–water partition coefficient (Wildman–Crippen LogP) is 1.47. The van der Waals surface area contributed by atoms with Gasteiger partial charge in [0.15, 0.2) is 0 Å². The van der Waals surface area contributed by atoms with E-state index in [2.05, 4.69) is 10.3 Å². The normalized spacial score (nSPS) is 12.3. The second-order valence-corrected chi connectivity index (χ2v) is 4.43. The molecule has 0 spiro atoms. The Morgan fingerprint density at radius 2 is 2.11 bits per heavy atom. The van der Waals surface area contributed by atoms with Crippen LogP contribution in [0.25, 0.3) is 10.9 Å². The molecule has 0 aliphatic rings. The molecule has 0 radical (unpaired) electrons. The average molecular weight is 262 g/mol. The van der Waals surface area contributed by atoms with Crippen molar-refractivity contribution in [3.05, 3.63) is 30.0 Å². The Balaban J connectivity index is 2.15. The smallest absolute Gasteiger partial charge is 0.305 e. The maximum absolute atomic E-state index is 11.9. The monoisotopic (exact) mass is 262 g/mol. The van der Waals surface area contributed by atoms with Crippen molar-refractivity contribution in [1.29, 1.82) is 0 Å². The number of amides is 1. The van der Waals surface area contributed by atoms with E-state index >= 15 is 0 Å². The molecule has 0 aliphatic carbocycles. The van der Waals surface area contributed by atoms with Crippen molar-refractivity contribution in [2.75, 3.05) is 0 Å². The lowest BCUT2D eigenvalue weighted by Crippen LogP contribution is -2.34. The summed E-state index contributed by atoms with van der Waals surface area (Å²) >= 11 is 0. The molecule has 1 aromatic heterocycles. The molecular formula is C13H14N2O4. The van der Waals surface area contributed by atoms with Crippen LogP contribution in [0.2, 0.25) is 0 Å². The molecule has 0 aliphatic heterocycles. The highest BCUT2D eigenvalue weighted by Gasteiger charge is 2.14. The molecule has 6 heteroatoms. The number of phenolic OH excluding ortho intramolecular Hbond substituents is 1. The maximum Gasteiger partial charge on any atom is 0.305 e. The molecule has 1 amide bonds. The van der Waals surface area contributed by atoms with Crippen LogP contribution >= 0.6 is 0 Å². The molecule has 2 rings (SSSR count). The fraction of sp³-hybridized carbons (Fsp3) is 0.231. The SMILES string of the molecule is CC(CC(=O)O)NC(=O)c1cc2ccc(O)cc2[nH]1. The van der Waals surface area contributed by atoms with E-state index < -0.39 is 12.0 Å². The summed E-state index contributed by atoms with van der Waals surface area (Å²) in [6, 6.07) is 5.94. The number of carbonyl (C=O) groups is 2. The summed E-state index contributed by atoms with van der Waals surface area (Å²) in [5.74, 6) is -1.22. The first-order valence-electron chi connectivity index (χ1n) is 5.80. The fourth-order valence-electron chi connectivity index (χ4n) is 1.85. The van der Waals surface area contributed by atoms with E-state index in [0.29, 0.717) is 11.2 Å². The second kappa shape index (κ2) is 5.01. The van der Waals surface area contributed by atoms with Crippen LogP contribution in [-0.4, -0.2) is 33.1 Å². The highest BCUT2D eigenvalue weighted by Crippen LogP contribution is 2.20. The van der Waals surface area contributed by atoms with Gasteiger partial charge in [-0.1, -0.05) is 0 Å². The molecule has 0 saturated carbocycles. The number of hydrogen-bond acceptors (Lipinski definition) is 3. The number of fused-ring (bicyclic) bond motifs is 1. The summed E-state index contributed by atoms with van der Waals surface area (Å²) in [5, 5.41) is 21.4. The first-order chi connectivity index (χ1) is 8.95. The summed E-state index contributed by atoms with van der Waals surface area (Å²) in [6.07, 6.45) is -0.132. The molecule has 0 bridgehead atoms. The first-order valence-corrected chi connectivity index (χ1v) is 5.80. The first kappa shape index (κ1) is 12.9. The standard InChI is InChI=1S/C13H14N2O4/c1-7(4-12(17)18)14-13(19)11-5-8-2-3-9(16)6-10(8)15-11/h2-3,5-7,15-16H,4H2,1H3,(H,14,19)(H,17,18). The van der Waals surface area contributed by atoms with Gasteiger partial charge in [-0.2, -0.15) is 0 Å². The van der Waals surface area contributed by atoms with Crippen molar-refractivity contribution in [3.63, 3.8) is 0 Å². The molecular weight excluding hydrogens is 248 g/mol. The minimum Gasteiger partial charge on any atom is -0.508 e. The zero-order chi connectivity index (χ0) is 14.0. The van der Waals surface area contributed by atoms with E-state index in [-0.39, 0.29) is 18.1 Å². The number of hydrogen-bond donors (Lipinski definition) is 4. The number of aromatic hydroxyl groups is 1. The largest absolute Gasteiger partial charge is 0.508 e. The molecule has 4 N–H and O–H groups in total. The topological polar surface area (TPSA) is 102 Å². The molecule has 1 heterocycles. The second-order valence-electron chi connectivity index (χ2n) is 4.43. The summed E-state index contributed by atoms with van der Waals surface area (Å²) in [4.78, 5) is 25.3. The number of aromatic amines is 1. The molecule has 2 aromatic rings. The van der Waals surface area contributed by atoms with Gasteiger partial charge in [0.2, 0.25) is 0 Å². The van der Waals surface area contributed by atoms with Crippen molar-refractivity contribution in [2.24, 2.45) is 0 Å². The molecule has 1 atom stereocenters. The lowest BCUT2D eigenvalue weighted by molar-refractivity contribution is -0.137. The number of aromatic nitrogens is 1. The number of H-pyrrole nitrogens is 1. The minimum absolute atomic E-state index is 0.112.